The number of rotatable bonds is 4. The van der Waals surface area contributed by atoms with Gasteiger partial charge in [0.25, 0.3) is 0 Å². The summed E-state index contributed by atoms with van der Waals surface area (Å²) in [6.45, 7) is 6.13. The number of aromatic hydroxyl groups is 1. The van der Waals surface area contributed by atoms with Crippen LogP contribution < -0.4 is 5.32 Å². The highest BCUT2D eigenvalue weighted by Gasteiger charge is 2.40. The van der Waals surface area contributed by atoms with Crippen molar-refractivity contribution in [3.05, 3.63) is 29.8 Å². The molecule has 2 atom stereocenters. The third kappa shape index (κ3) is 3.17. The normalized spacial score (nSPS) is 22.6. The minimum Gasteiger partial charge on any atom is -0.508 e. The van der Waals surface area contributed by atoms with Gasteiger partial charge in [0, 0.05) is 6.54 Å². The Bertz CT molecular complexity index is 525. The molecule has 2 rings (SSSR count). The Morgan fingerprint density at radius 3 is 2.38 bits per heavy atom. The molecular weight excluding hydrogens is 268 g/mol. The lowest BCUT2D eigenvalue weighted by molar-refractivity contribution is -0.151. The predicted molar refractivity (Wildman–Crippen MR) is 79.5 cm³/mol. The molecule has 0 bridgehead atoms. The quantitative estimate of drug-likeness (QED) is 0.886. The van der Waals surface area contributed by atoms with Crippen LogP contribution in [0.3, 0.4) is 0 Å². The summed E-state index contributed by atoms with van der Waals surface area (Å²) in [6.07, 6.45) is 0.584. The molecule has 1 saturated heterocycles. The zero-order valence-electron chi connectivity index (χ0n) is 12.7. The number of piperazine rings is 1. The van der Waals surface area contributed by atoms with Gasteiger partial charge in [0.15, 0.2) is 0 Å². The molecule has 0 spiro atoms. The molecule has 1 aromatic rings. The lowest BCUT2D eigenvalue weighted by Gasteiger charge is -2.40. The van der Waals surface area contributed by atoms with Gasteiger partial charge in [-0.2, -0.15) is 0 Å². The number of carbonyl (C=O) groups excluding carboxylic acids is 2. The number of amides is 2. The van der Waals surface area contributed by atoms with E-state index in [1.54, 1.807) is 29.2 Å². The Morgan fingerprint density at radius 1 is 1.24 bits per heavy atom. The van der Waals surface area contributed by atoms with Crippen LogP contribution in [0.1, 0.15) is 32.8 Å². The van der Waals surface area contributed by atoms with Crippen LogP contribution in [0, 0.1) is 5.92 Å². The first-order valence-electron chi connectivity index (χ1n) is 7.32. The second-order valence-corrected chi connectivity index (χ2v) is 5.79. The van der Waals surface area contributed by atoms with E-state index < -0.39 is 12.1 Å². The van der Waals surface area contributed by atoms with Gasteiger partial charge in [0.1, 0.15) is 17.8 Å². The van der Waals surface area contributed by atoms with E-state index in [2.05, 4.69) is 5.32 Å². The molecular formula is C16H22N2O3. The van der Waals surface area contributed by atoms with Crippen LogP contribution >= 0.6 is 0 Å². The number of benzene rings is 1. The molecule has 0 saturated carbocycles. The largest absolute Gasteiger partial charge is 0.508 e. The van der Waals surface area contributed by atoms with Crippen LogP contribution in [0.4, 0.5) is 0 Å². The first-order valence-corrected chi connectivity index (χ1v) is 7.32. The van der Waals surface area contributed by atoms with Crippen LogP contribution in [-0.2, 0) is 16.1 Å². The molecule has 2 N–H and O–H groups in total. The van der Waals surface area contributed by atoms with Crippen LogP contribution in [0.2, 0.25) is 0 Å². The molecule has 0 radical (unpaired) electrons. The van der Waals surface area contributed by atoms with Crippen LogP contribution in [0.25, 0.3) is 0 Å². The summed E-state index contributed by atoms with van der Waals surface area (Å²) in [7, 11) is 0. The van der Waals surface area contributed by atoms with Crippen molar-refractivity contribution < 1.29 is 14.7 Å². The molecule has 2 unspecified atom stereocenters. The van der Waals surface area contributed by atoms with Crippen molar-refractivity contribution in [2.45, 2.75) is 45.8 Å². The van der Waals surface area contributed by atoms with E-state index in [0.29, 0.717) is 13.0 Å². The fraction of sp³-hybridized carbons (Fsp3) is 0.500. The molecule has 1 aliphatic heterocycles. The number of nitrogens with zero attached hydrogens (tertiary/aromatic N) is 1. The fourth-order valence-electron chi connectivity index (χ4n) is 2.63. The van der Waals surface area contributed by atoms with Crippen molar-refractivity contribution in [2.75, 3.05) is 0 Å². The van der Waals surface area contributed by atoms with Gasteiger partial charge < -0.3 is 15.3 Å². The summed E-state index contributed by atoms with van der Waals surface area (Å²) in [5, 5.41) is 12.1. The molecule has 5 nitrogen and oxygen atoms in total. The van der Waals surface area contributed by atoms with Gasteiger partial charge in [-0.15, -0.1) is 0 Å². The number of hydrogen-bond acceptors (Lipinski definition) is 3. The highest BCUT2D eigenvalue weighted by atomic mass is 16.3. The zero-order valence-corrected chi connectivity index (χ0v) is 12.7. The summed E-state index contributed by atoms with van der Waals surface area (Å²) < 4.78 is 0. The number of nitrogens with one attached hydrogen (secondary N) is 1. The molecule has 1 heterocycles. The molecule has 1 aromatic carbocycles. The molecule has 0 aliphatic carbocycles. The maximum absolute atomic E-state index is 12.6. The standard InChI is InChI=1S/C16H22N2O3/c1-4-13-15(20)17-14(10(2)3)16(21)18(13)9-11-5-7-12(19)8-6-11/h5-8,10,13-14,19H,4,9H2,1-3H3,(H,17,20). The van der Waals surface area contributed by atoms with E-state index in [-0.39, 0.29) is 23.5 Å². The van der Waals surface area contributed by atoms with E-state index in [0.717, 1.165) is 5.56 Å². The molecule has 114 valence electrons. The SMILES string of the molecule is CCC1C(=O)NC(C(C)C)C(=O)N1Cc1ccc(O)cc1. The maximum Gasteiger partial charge on any atom is 0.246 e. The third-order valence-electron chi connectivity index (χ3n) is 3.87. The first-order chi connectivity index (χ1) is 9.93. The minimum absolute atomic E-state index is 0.0375. The van der Waals surface area contributed by atoms with E-state index in [1.165, 1.54) is 0 Å². The molecule has 1 aliphatic rings. The fourth-order valence-corrected chi connectivity index (χ4v) is 2.63. The van der Waals surface area contributed by atoms with Crippen molar-refractivity contribution in [2.24, 2.45) is 5.92 Å². The topological polar surface area (TPSA) is 69.6 Å². The van der Waals surface area contributed by atoms with Crippen molar-refractivity contribution in [3.63, 3.8) is 0 Å². The Hall–Kier alpha value is -2.04. The summed E-state index contributed by atoms with van der Waals surface area (Å²) in [5.74, 6) is 0.120. The second kappa shape index (κ2) is 6.16. The average molecular weight is 290 g/mol. The Morgan fingerprint density at radius 2 is 1.86 bits per heavy atom. The molecule has 0 aromatic heterocycles. The highest BCUT2D eigenvalue weighted by molar-refractivity contribution is 5.97. The monoisotopic (exact) mass is 290 g/mol. The molecule has 21 heavy (non-hydrogen) atoms. The number of phenolic OH excluding ortho intramolecular Hbond substituents is 1. The van der Waals surface area contributed by atoms with Crippen molar-refractivity contribution in [1.29, 1.82) is 0 Å². The summed E-state index contributed by atoms with van der Waals surface area (Å²) in [5.41, 5.74) is 0.900. The van der Waals surface area contributed by atoms with Gasteiger partial charge >= 0.3 is 0 Å². The first kappa shape index (κ1) is 15.4. The average Bonchev–Trinajstić information content (AvgIpc) is 2.44. The van der Waals surface area contributed by atoms with Gasteiger partial charge in [-0.1, -0.05) is 32.9 Å². The Balaban J connectivity index is 2.25. The van der Waals surface area contributed by atoms with Gasteiger partial charge in [-0.25, -0.2) is 0 Å². The van der Waals surface area contributed by atoms with Crippen LogP contribution in [0.15, 0.2) is 24.3 Å². The van der Waals surface area contributed by atoms with Crippen LogP contribution in [0.5, 0.6) is 5.75 Å². The molecule has 5 heteroatoms. The van der Waals surface area contributed by atoms with Gasteiger partial charge in [0.2, 0.25) is 11.8 Å². The van der Waals surface area contributed by atoms with Gasteiger partial charge in [-0.3, -0.25) is 9.59 Å². The number of phenols is 1. The highest BCUT2D eigenvalue weighted by Crippen LogP contribution is 2.21. The van der Waals surface area contributed by atoms with Gasteiger partial charge in [0.05, 0.1) is 0 Å². The summed E-state index contributed by atoms with van der Waals surface area (Å²) in [4.78, 5) is 26.5. The molecule has 1 fully saturated rings. The van der Waals surface area contributed by atoms with E-state index >= 15 is 0 Å². The van der Waals surface area contributed by atoms with E-state index in [1.807, 2.05) is 20.8 Å². The second-order valence-electron chi connectivity index (χ2n) is 5.79. The van der Waals surface area contributed by atoms with Crippen molar-refractivity contribution in [3.8, 4) is 5.75 Å². The van der Waals surface area contributed by atoms with E-state index in [9.17, 15) is 14.7 Å². The lowest BCUT2D eigenvalue weighted by atomic mass is 9.96. The number of hydrogen-bond donors (Lipinski definition) is 2. The van der Waals surface area contributed by atoms with Crippen molar-refractivity contribution >= 4 is 11.8 Å². The Kier molecular flexibility index (Phi) is 4.50. The smallest absolute Gasteiger partial charge is 0.246 e. The van der Waals surface area contributed by atoms with Gasteiger partial charge in [-0.05, 0) is 30.0 Å². The molecule has 2 amide bonds. The van der Waals surface area contributed by atoms with E-state index in [4.69, 9.17) is 0 Å². The Labute approximate surface area is 125 Å². The zero-order chi connectivity index (χ0) is 15.6. The third-order valence-corrected chi connectivity index (χ3v) is 3.87. The minimum atomic E-state index is -0.461. The van der Waals surface area contributed by atoms with Crippen LogP contribution in [-0.4, -0.2) is 33.9 Å². The maximum atomic E-state index is 12.6. The predicted octanol–water partition coefficient (Wildman–Crippen LogP) is 1.65. The summed E-state index contributed by atoms with van der Waals surface area (Å²) >= 11 is 0. The number of carbonyl (C=O) groups is 2. The van der Waals surface area contributed by atoms with Crippen molar-refractivity contribution in [1.82, 2.24) is 10.2 Å². The summed E-state index contributed by atoms with van der Waals surface area (Å²) in [6, 6.07) is 5.83. The lowest BCUT2D eigenvalue weighted by Crippen LogP contribution is -2.64.